The smallest absolute Gasteiger partial charge is 0.145 e. The zero-order valence-corrected chi connectivity index (χ0v) is 10.7. The van der Waals surface area contributed by atoms with Crippen LogP contribution in [0.4, 0.5) is 0 Å². The summed E-state index contributed by atoms with van der Waals surface area (Å²) in [7, 11) is 0. The molecule has 1 aromatic rings. The first-order valence-corrected chi connectivity index (χ1v) is 6.26. The fourth-order valence-corrected chi connectivity index (χ4v) is 2.67. The molecular weight excluding hydrogens is 260 g/mol. The predicted molar refractivity (Wildman–Crippen MR) is 64.8 cm³/mol. The lowest BCUT2D eigenvalue weighted by Crippen LogP contribution is -2.11. The molecule has 0 saturated heterocycles. The highest BCUT2D eigenvalue weighted by Gasteiger charge is 2.13. The number of ketones is 1. The van der Waals surface area contributed by atoms with Gasteiger partial charge in [0.1, 0.15) is 5.78 Å². The zero-order valence-electron chi connectivity index (χ0n) is 8.29. The van der Waals surface area contributed by atoms with Crippen molar-refractivity contribution in [1.82, 2.24) is 0 Å². The quantitative estimate of drug-likeness (QED) is 0.774. The molecule has 14 heavy (non-hydrogen) atoms. The minimum absolute atomic E-state index is 0.0405. The summed E-state index contributed by atoms with van der Waals surface area (Å²) in [6.45, 7) is 3.86. The van der Waals surface area contributed by atoms with Gasteiger partial charge in [-0.25, -0.2) is 0 Å². The van der Waals surface area contributed by atoms with Gasteiger partial charge in [-0.3, -0.25) is 4.79 Å². The van der Waals surface area contributed by atoms with Crippen molar-refractivity contribution in [3.63, 3.8) is 0 Å². The summed E-state index contributed by atoms with van der Waals surface area (Å²) in [6.07, 6.45) is 0.610. The second kappa shape index (κ2) is 5.56. The SMILES string of the molecule is CCC(=O)C(C)Sc1ccccc1Br. The highest BCUT2D eigenvalue weighted by atomic mass is 79.9. The van der Waals surface area contributed by atoms with Gasteiger partial charge in [0.25, 0.3) is 0 Å². The van der Waals surface area contributed by atoms with E-state index in [1.165, 1.54) is 0 Å². The lowest BCUT2D eigenvalue weighted by atomic mass is 10.2. The van der Waals surface area contributed by atoms with Gasteiger partial charge < -0.3 is 0 Å². The average Bonchev–Trinajstić information content (AvgIpc) is 2.20. The van der Waals surface area contributed by atoms with Crippen molar-refractivity contribution < 1.29 is 4.79 Å². The van der Waals surface area contributed by atoms with Crippen molar-refractivity contribution >= 4 is 33.5 Å². The number of Topliss-reactive ketones (excluding diaryl/α,β-unsaturated/α-hetero) is 1. The van der Waals surface area contributed by atoms with E-state index in [0.717, 1.165) is 9.37 Å². The molecule has 76 valence electrons. The third kappa shape index (κ3) is 3.14. The van der Waals surface area contributed by atoms with Crippen LogP contribution in [0, 0.1) is 0 Å². The molecule has 0 aliphatic rings. The summed E-state index contributed by atoms with van der Waals surface area (Å²) >= 11 is 5.07. The van der Waals surface area contributed by atoms with E-state index in [9.17, 15) is 4.79 Å². The number of halogens is 1. The molecule has 0 saturated carbocycles. The molecule has 1 atom stereocenters. The molecule has 0 bridgehead atoms. The van der Waals surface area contributed by atoms with Crippen molar-refractivity contribution in [2.75, 3.05) is 0 Å². The number of carbonyl (C=O) groups is 1. The number of rotatable bonds is 4. The van der Waals surface area contributed by atoms with Gasteiger partial charge in [0.15, 0.2) is 0 Å². The van der Waals surface area contributed by atoms with Gasteiger partial charge in [0.05, 0.1) is 5.25 Å². The van der Waals surface area contributed by atoms with E-state index in [-0.39, 0.29) is 5.25 Å². The molecule has 1 aromatic carbocycles. The molecule has 0 spiro atoms. The molecule has 1 nitrogen and oxygen atoms in total. The molecule has 3 heteroatoms. The summed E-state index contributed by atoms with van der Waals surface area (Å²) in [5.41, 5.74) is 0. The Bertz CT molecular complexity index is 325. The van der Waals surface area contributed by atoms with Crippen LogP contribution in [0.25, 0.3) is 0 Å². The number of thioether (sulfide) groups is 1. The van der Waals surface area contributed by atoms with Crippen LogP contribution in [0.5, 0.6) is 0 Å². The van der Waals surface area contributed by atoms with Gasteiger partial charge in [0, 0.05) is 15.8 Å². The van der Waals surface area contributed by atoms with Crippen LogP contribution >= 0.6 is 27.7 Å². The standard InChI is InChI=1S/C11H13BrOS/c1-3-10(13)8(2)14-11-7-5-4-6-9(11)12/h4-8H,3H2,1-2H3. The van der Waals surface area contributed by atoms with Crippen LogP contribution < -0.4 is 0 Å². The first kappa shape index (κ1) is 11.8. The molecular formula is C11H13BrOS. The number of hydrogen-bond donors (Lipinski definition) is 0. The average molecular weight is 273 g/mol. The van der Waals surface area contributed by atoms with Crippen LogP contribution in [0.3, 0.4) is 0 Å². The summed E-state index contributed by atoms with van der Waals surface area (Å²) in [6, 6.07) is 7.97. The Labute approximate surface area is 97.4 Å². The summed E-state index contributed by atoms with van der Waals surface area (Å²) < 4.78 is 1.06. The molecule has 1 unspecified atom stereocenters. The predicted octanol–water partition coefficient (Wildman–Crippen LogP) is 3.91. The van der Waals surface area contributed by atoms with Gasteiger partial charge in [-0.2, -0.15) is 0 Å². The van der Waals surface area contributed by atoms with Gasteiger partial charge in [-0.15, -0.1) is 11.8 Å². The van der Waals surface area contributed by atoms with Gasteiger partial charge in [-0.05, 0) is 35.0 Å². The largest absolute Gasteiger partial charge is 0.298 e. The maximum Gasteiger partial charge on any atom is 0.145 e. The van der Waals surface area contributed by atoms with E-state index in [2.05, 4.69) is 15.9 Å². The van der Waals surface area contributed by atoms with Crippen LogP contribution in [-0.2, 0) is 4.79 Å². The molecule has 0 amide bonds. The van der Waals surface area contributed by atoms with Crippen molar-refractivity contribution in [3.05, 3.63) is 28.7 Å². The van der Waals surface area contributed by atoms with Crippen LogP contribution in [-0.4, -0.2) is 11.0 Å². The van der Waals surface area contributed by atoms with Crippen molar-refractivity contribution in [1.29, 1.82) is 0 Å². The van der Waals surface area contributed by atoms with E-state index in [1.54, 1.807) is 11.8 Å². The zero-order chi connectivity index (χ0) is 10.6. The molecule has 0 radical (unpaired) electrons. The van der Waals surface area contributed by atoms with E-state index < -0.39 is 0 Å². The van der Waals surface area contributed by atoms with Crippen molar-refractivity contribution in [2.45, 2.75) is 30.4 Å². The van der Waals surface area contributed by atoms with Crippen LogP contribution in [0.15, 0.2) is 33.6 Å². The molecule has 1 rings (SSSR count). The Morgan fingerprint density at radius 2 is 2.14 bits per heavy atom. The first-order chi connectivity index (χ1) is 6.65. The first-order valence-electron chi connectivity index (χ1n) is 4.59. The summed E-state index contributed by atoms with van der Waals surface area (Å²) in [5, 5.41) is 0.0405. The Hall–Kier alpha value is -0.280. The molecule has 0 aromatic heterocycles. The van der Waals surface area contributed by atoms with Crippen LogP contribution in [0.1, 0.15) is 20.3 Å². The second-order valence-corrected chi connectivity index (χ2v) is 5.25. The van der Waals surface area contributed by atoms with E-state index in [1.807, 2.05) is 38.1 Å². The minimum Gasteiger partial charge on any atom is -0.298 e. The minimum atomic E-state index is 0.0405. The van der Waals surface area contributed by atoms with Crippen molar-refractivity contribution in [3.8, 4) is 0 Å². The highest BCUT2D eigenvalue weighted by molar-refractivity contribution is 9.10. The monoisotopic (exact) mass is 272 g/mol. The number of carbonyl (C=O) groups excluding carboxylic acids is 1. The summed E-state index contributed by atoms with van der Waals surface area (Å²) in [4.78, 5) is 12.5. The molecule has 0 N–H and O–H groups in total. The third-order valence-corrected chi connectivity index (χ3v) is 4.12. The van der Waals surface area contributed by atoms with E-state index in [4.69, 9.17) is 0 Å². The van der Waals surface area contributed by atoms with E-state index >= 15 is 0 Å². The molecule has 0 aliphatic carbocycles. The molecule has 0 heterocycles. The Morgan fingerprint density at radius 1 is 1.50 bits per heavy atom. The fourth-order valence-electron chi connectivity index (χ4n) is 1.08. The Kier molecular flexibility index (Phi) is 4.69. The van der Waals surface area contributed by atoms with Gasteiger partial charge in [0.2, 0.25) is 0 Å². The van der Waals surface area contributed by atoms with Gasteiger partial charge in [-0.1, -0.05) is 19.1 Å². The number of benzene rings is 1. The third-order valence-electron chi connectivity index (χ3n) is 1.94. The normalized spacial score (nSPS) is 12.5. The van der Waals surface area contributed by atoms with Crippen LogP contribution in [0.2, 0.25) is 0 Å². The Morgan fingerprint density at radius 3 is 2.71 bits per heavy atom. The summed E-state index contributed by atoms with van der Waals surface area (Å²) in [5.74, 6) is 0.297. The topological polar surface area (TPSA) is 17.1 Å². The Balaban J connectivity index is 2.69. The molecule has 0 fully saturated rings. The van der Waals surface area contributed by atoms with E-state index in [0.29, 0.717) is 12.2 Å². The van der Waals surface area contributed by atoms with Gasteiger partial charge >= 0.3 is 0 Å². The molecule has 0 aliphatic heterocycles. The number of hydrogen-bond acceptors (Lipinski definition) is 2. The lowest BCUT2D eigenvalue weighted by molar-refractivity contribution is -0.117. The fraction of sp³-hybridized carbons (Fsp3) is 0.364. The maximum atomic E-state index is 11.4. The van der Waals surface area contributed by atoms with Crippen molar-refractivity contribution in [2.24, 2.45) is 0 Å². The lowest BCUT2D eigenvalue weighted by Gasteiger charge is -2.09. The highest BCUT2D eigenvalue weighted by Crippen LogP contribution is 2.30. The maximum absolute atomic E-state index is 11.4. The second-order valence-electron chi connectivity index (χ2n) is 3.01.